The fourth-order valence-corrected chi connectivity index (χ4v) is 8.66. The molecule has 2 heterocycles. The minimum Gasteiger partial charge on any atom is -0.349 e. The van der Waals surface area contributed by atoms with Crippen LogP contribution in [0.3, 0.4) is 0 Å². The monoisotopic (exact) mass is 414 g/mol. The van der Waals surface area contributed by atoms with E-state index >= 15 is 0 Å². The Morgan fingerprint density at radius 1 is 1.10 bits per heavy atom. The third kappa shape index (κ3) is 2.83. The molecule has 4 fully saturated rings. The van der Waals surface area contributed by atoms with Crippen LogP contribution >= 0.6 is 11.3 Å². The van der Waals surface area contributed by atoms with Crippen molar-refractivity contribution in [1.82, 2.24) is 10.2 Å². The Bertz CT molecular complexity index is 808. The van der Waals surface area contributed by atoms with Crippen LogP contribution in [0.5, 0.6) is 0 Å². The maximum atomic E-state index is 12.7. The predicted molar refractivity (Wildman–Crippen MR) is 116 cm³/mol. The maximum absolute atomic E-state index is 12.7. The first kappa shape index (κ1) is 19.6. The first-order valence-electron chi connectivity index (χ1n) is 11.4. The maximum Gasteiger partial charge on any atom is 0.252 e. The topological polar surface area (TPSA) is 49.4 Å². The van der Waals surface area contributed by atoms with Crippen molar-refractivity contribution >= 4 is 23.2 Å². The molecular weight excluding hydrogens is 380 g/mol. The van der Waals surface area contributed by atoms with Crippen molar-refractivity contribution < 1.29 is 9.59 Å². The van der Waals surface area contributed by atoms with E-state index < -0.39 is 0 Å². The van der Waals surface area contributed by atoms with E-state index in [4.69, 9.17) is 0 Å². The molecule has 0 bridgehead atoms. The summed E-state index contributed by atoms with van der Waals surface area (Å²) in [6, 6.07) is 2.64. The van der Waals surface area contributed by atoms with Crippen LogP contribution in [-0.4, -0.2) is 35.8 Å². The van der Waals surface area contributed by atoms with Crippen LogP contribution in [0.1, 0.15) is 75.6 Å². The van der Waals surface area contributed by atoms with E-state index in [2.05, 4.69) is 24.1 Å². The van der Waals surface area contributed by atoms with Crippen LogP contribution in [0.15, 0.2) is 16.8 Å². The number of likely N-dealkylation sites (tertiary alicyclic amines) is 1. The zero-order valence-corrected chi connectivity index (χ0v) is 18.8. The Morgan fingerprint density at radius 2 is 1.90 bits per heavy atom. The van der Waals surface area contributed by atoms with Gasteiger partial charge in [-0.15, -0.1) is 0 Å². The molecule has 1 aromatic heterocycles. The third-order valence-electron chi connectivity index (χ3n) is 9.65. The highest BCUT2D eigenvalue weighted by atomic mass is 32.1. The molecule has 0 aromatic carbocycles. The second kappa shape index (κ2) is 6.83. The van der Waals surface area contributed by atoms with Crippen molar-refractivity contribution in [3.8, 4) is 0 Å². The van der Waals surface area contributed by atoms with Gasteiger partial charge in [0.2, 0.25) is 5.91 Å². The lowest BCUT2D eigenvalue weighted by molar-refractivity contribution is -0.157. The Kier molecular flexibility index (Phi) is 4.61. The standard InChI is InChI=1S/C24H34N2O2S/c1-23-11-8-18-16(4-7-20-24(18,2)12-9-21(27)26(20)3)17(23)5-6-19(23)25-22(28)15-10-13-29-14-15/h10,13-14,16-20H,4-9,11-12H2,1-3H3,(H,25,28)/t16-,17-,18+,19?,20?,23-,24+/m0/s1. The molecule has 1 saturated heterocycles. The van der Waals surface area contributed by atoms with Gasteiger partial charge in [-0.1, -0.05) is 13.8 Å². The van der Waals surface area contributed by atoms with Crippen molar-refractivity contribution in [1.29, 1.82) is 0 Å². The second-order valence-corrected chi connectivity index (χ2v) is 11.4. The van der Waals surface area contributed by atoms with Crippen LogP contribution in [0.4, 0.5) is 0 Å². The fraction of sp³-hybridized carbons (Fsp3) is 0.750. The lowest BCUT2D eigenvalue weighted by Gasteiger charge is -2.61. The van der Waals surface area contributed by atoms with Gasteiger partial charge in [0.05, 0.1) is 0 Å². The molecule has 5 heteroatoms. The van der Waals surface area contributed by atoms with Gasteiger partial charge in [-0.25, -0.2) is 0 Å². The predicted octanol–water partition coefficient (Wildman–Crippen LogP) is 4.71. The zero-order valence-electron chi connectivity index (χ0n) is 17.9. The minimum atomic E-state index is 0.100. The smallest absolute Gasteiger partial charge is 0.252 e. The molecule has 7 atom stereocenters. The number of fused-ring (bicyclic) bond motifs is 5. The number of hydrogen-bond acceptors (Lipinski definition) is 3. The number of carbonyl (C=O) groups is 2. The summed E-state index contributed by atoms with van der Waals surface area (Å²) in [5, 5.41) is 7.33. The van der Waals surface area contributed by atoms with E-state index in [1.807, 2.05) is 23.9 Å². The first-order chi connectivity index (χ1) is 13.8. The van der Waals surface area contributed by atoms with Crippen LogP contribution in [0, 0.1) is 28.6 Å². The quantitative estimate of drug-likeness (QED) is 0.762. The summed E-state index contributed by atoms with van der Waals surface area (Å²) in [4.78, 5) is 27.1. The molecule has 1 N–H and O–H groups in total. The number of thiophene rings is 1. The van der Waals surface area contributed by atoms with E-state index in [0.717, 1.165) is 36.7 Å². The van der Waals surface area contributed by atoms with Crippen LogP contribution < -0.4 is 5.32 Å². The van der Waals surface area contributed by atoms with Gasteiger partial charge in [0.25, 0.3) is 5.91 Å². The van der Waals surface area contributed by atoms with Crippen LogP contribution in [0.25, 0.3) is 0 Å². The molecule has 158 valence electrons. The first-order valence-corrected chi connectivity index (χ1v) is 12.4. The lowest BCUT2D eigenvalue weighted by atomic mass is 9.47. The summed E-state index contributed by atoms with van der Waals surface area (Å²) in [5.74, 6) is 2.61. The van der Waals surface area contributed by atoms with Gasteiger partial charge in [0.1, 0.15) is 0 Å². The molecule has 3 aliphatic carbocycles. The van der Waals surface area contributed by atoms with E-state index in [1.165, 1.54) is 25.7 Å². The highest BCUT2D eigenvalue weighted by Crippen LogP contribution is 2.64. The van der Waals surface area contributed by atoms with Crippen molar-refractivity contribution in [3.63, 3.8) is 0 Å². The third-order valence-corrected chi connectivity index (χ3v) is 10.3. The lowest BCUT2D eigenvalue weighted by Crippen LogP contribution is -2.62. The van der Waals surface area contributed by atoms with E-state index in [9.17, 15) is 9.59 Å². The van der Waals surface area contributed by atoms with Gasteiger partial charge < -0.3 is 10.2 Å². The van der Waals surface area contributed by atoms with E-state index in [1.54, 1.807) is 11.3 Å². The second-order valence-electron chi connectivity index (χ2n) is 10.6. The average Bonchev–Trinajstić information content (AvgIpc) is 3.34. The number of piperidine rings is 1. The van der Waals surface area contributed by atoms with Gasteiger partial charge in [0.15, 0.2) is 0 Å². The average molecular weight is 415 g/mol. The number of hydrogen-bond donors (Lipinski definition) is 1. The van der Waals surface area contributed by atoms with Gasteiger partial charge >= 0.3 is 0 Å². The highest BCUT2D eigenvalue weighted by molar-refractivity contribution is 7.08. The summed E-state index contributed by atoms with van der Waals surface area (Å²) in [6.45, 7) is 4.93. The van der Waals surface area contributed by atoms with Gasteiger partial charge in [-0.3, -0.25) is 9.59 Å². The van der Waals surface area contributed by atoms with Crippen LogP contribution in [0.2, 0.25) is 0 Å². The van der Waals surface area contributed by atoms with Gasteiger partial charge in [0, 0.05) is 36.5 Å². The van der Waals surface area contributed by atoms with Crippen LogP contribution in [-0.2, 0) is 4.79 Å². The SMILES string of the molecule is CN1C(=O)CC[C@@]2(C)C1CC[C@@H]1[C@H]2CC[C@]2(C)C(NC(=O)c3ccsc3)CC[C@@H]12. The summed E-state index contributed by atoms with van der Waals surface area (Å²) < 4.78 is 0. The Labute approximate surface area is 178 Å². The summed E-state index contributed by atoms with van der Waals surface area (Å²) in [6.07, 6.45) is 8.97. The molecule has 2 unspecified atom stereocenters. The zero-order chi connectivity index (χ0) is 20.4. The largest absolute Gasteiger partial charge is 0.349 e. The summed E-state index contributed by atoms with van der Waals surface area (Å²) in [7, 11) is 2.03. The van der Waals surface area contributed by atoms with Crippen molar-refractivity contribution in [2.75, 3.05) is 7.05 Å². The van der Waals surface area contributed by atoms with Crippen molar-refractivity contribution in [3.05, 3.63) is 22.4 Å². The van der Waals surface area contributed by atoms with Crippen molar-refractivity contribution in [2.24, 2.45) is 28.6 Å². The normalized spacial score (nSPS) is 44.0. The van der Waals surface area contributed by atoms with E-state index in [-0.39, 0.29) is 16.7 Å². The molecule has 1 aliphatic heterocycles. The highest BCUT2D eigenvalue weighted by Gasteiger charge is 2.61. The number of rotatable bonds is 2. The summed E-state index contributed by atoms with van der Waals surface area (Å²) >= 11 is 1.58. The summed E-state index contributed by atoms with van der Waals surface area (Å²) in [5.41, 5.74) is 1.29. The molecule has 4 aliphatic rings. The molecular formula is C24H34N2O2S. The molecule has 1 aromatic rings. The number of carbonyl (C=O) groups excluding carboxylic acids is 2. The molecule has 5 rings (SSSR count). The number of amides is 2. The molecule has 0 spiro atoms. The Morgan fingerprint density at radius 3 is 2.66 bits per heavy atom. The molecule has 4 nitrogen and oxygen atoms in total. The molecule has 3 saturated carbocycles. The Hall–Kier alpha value is -1.36. The van der Waals surface area contributed by atoms with Gasteiger partial charge in [-0.05, 0) is 85.0 Å². The fourth-order valence-electron chi connectivity index (χ4n) is 8.02. The van der Waals surface area contributed by atoms with Crippen molar-refractivity contribution in [2.45, 2.75) is 77.3 Å². The molecule has 29 heavy (non-hydrogen) atoms. The number of nitrogens with one attached hydrogen (secondary N) is 1. The molecule has 2 amide bonds. The Balaban J connectivity index is 1.36. The van der Waals surface area contributed by atoms with E-state index in [0.29, 0.717) is 30.3 Å². The molecule has 0 radical (unpaired) electrons. The van der Waals surface area contributed by atoms with Gasteiger partial charge in [-0.2, -0.15) is 11.3 Å². The minimum absolute atomic E-state index is 0.100. The number of nitrogens with zero attached hydrogens (tertiary/aromatic N) is 1.